The summed E-state index contributed by atoms with van der Waals surface area (Å²) in [6.07, 6.45) is 2.99. The zero-order valence-electron chi connectivity index (χ0n) is 14.9. The number of thioether (sulfide) groups is 1. The van der Waals surface area contributed by atoms with E-state index in [9.17, 15) is 18.4 Å². The first-order valence-electron chi connectivity index (χ1n) is 8.67. The standard InChI is InChI=1S/C20H20F2N2O2S/c1-27-16-5-3-15(4-6-16)23-19(25)13-8-10-24(11-9-13)20(26)17-7-2-14(21)12-18(17)22/h2-7,12-13H,8-11H2,1H3,(H,23,25). The van der Waals surface area contributed by atoms with Crippen LogP contribution in [-0.4, -0.2) is 36.1 Å². The van der Waals surface area contributed by atoms with Crippen molar-refractivity contribution in [1.82, 2.24) is 4.90 Å². The van der Waals surface area contributed by atoms with Crippen LogP contribution in [0.4, 0.5) is 14.5 Å². The molecule has 2 aromatic carbocycles. The number of nitrogens with zero attached hydrogens (tertiary/aromatic N) is 1. The van der Waals surface area contributed by atoms with Crippen molar-refractivity contribution < 1.29 is 18.4 Å². The van der Waals surface area contributed by atoms with E-state index < -0.39 is 17.5 Å². The molecule has 1 aliphatic rings. The number of benzene rings is 2. The van der Waals surface area contributed by atoms with Crippen LogP contribution in [0.3, 0.4) is 0 Å². The van der Waals surface area contributed by atoms with E-state index in [0.29, 0.717) is 32.0 Å². The fourth-order valence-corrected chi connectivity index (χ4v) is 3.50. The summed E-state index contributed by atoms with van der Waals surface area (Å²) in [6.45, 7) is 0.721. The van der Waals surface area contributed by atoms with Gasteiger partial charge in [0.1, 0.15) is 11.6 Å². The minimum atomic E-state index is -0.867. The van der Waals surface area contributed by atoms with Crippen LogP contribution >= 0.6 is 11.8 Å². The van der Waals surface area contributed by atoms with Crippen molar-refractivity contribution in [2.75, 3.05) is 24.7 Å². The summed E-state index contributed by atoms with van der Waals surface area (Å²) in [5.41, 5.74) is 0.595. The molecule has 0 bridgehead atoms. The van der Waals surface area contributed by atoms with Gasteiger partial charge >= 0.3 is 0 Å². The van der Waals surface area contributed by atoms with Crippen LogP contribution in [0.2, 0.25) is 0 Å². The van der Waals surface area contributed by atoms with E-state index in [-0.39, 0.29) is 17.4 Å². The molecule has 4 nitrogen and oxygen atoms in total. The van der Waals surface area contributed by atoms with Crippen molar-refractivity contribution in [3.05, 3.63) is 59.7 Å². The zero-order valence-corrected chi connectivity index (χ0v) is 15.7. The molecule has 3 rings (SSSR count). The number of amides is 2. The number of piperidine rings is 1. The fraction of sp³-hybridized carbons (Fsp3) is 0.300. The summed E-state index contributed by atoms with van der Waals surface area (Å²) >= 11 is 1.63. The lowest BCUT2D eigenvalue weighted by atomic mass is 9.95. The van der Waals surface area contributed by atoms with E-state index in [4.69, 9.17) is 0 Å². The van der Waals surface area contributed by atoms with Gasteiger partial charge < -0.3 is 10.2 Å². The van der Waals surface area contributed by atoms with Gasteiger partial charge in [-0.05, 0) is 55.5 Å². The Morgan fingerprint density at radius 1 is 1.07 bits per heavy atom. The first-order chi connectivity index (χ1) is 13.0. The summed E-state index contributed by atoms with van der Waals surface area (Å²) in [5.74, 6) is -2.34. The Balaban J connectivity index is 1.56. The molecule has 1 fully saturated rings. The summed E-state index contributed by atoms with van der Waals surface area (Å²) in [4.78, 5) is 27.5. The van der Waals surface area contributed by atoms with Gasteiger partial charge in [0, 0.05) is 35.7 Å². The third-order valence-corrected chi connectivity index (χ3v) is 5.42. The molecular weight excluding hydrogens is 370 g/mol. The van der Waals surface area contributed by atoms with Gasteiger partial charge in [0.2, 0.25) is 5.91 Å². The van der Waals surface area contributed by atoms with Crippen LogP contribution in [-0.2, 0) is 4.79 Å². The summed E-state index contributed by atoms with van der Waals surface area (Å²) < 4.78 is 26.8. The Morgan fingerprint density at radius 3 is 2.33 bits per heavy atom. The average molecular weight is 390 g/mol. The number of nitrogens with one attached hydrogen (secondary N) is 1. The predicted octanol–water partition coefficient (Wildman–Crippen LogP) is 4.18. The van der Waals surface area contributed by atoms with E-state index in [0.717, 1.165) is 22.7 Å². The third-order valence-electron chi connectivity index (χ3n) is 4.67. The molecule has 1 saturated heterocycles. The first-order valence-corrected chi connectivity index (χ1v) is 9.89. The molecule has 0 spiro atoms. The SMILES string of the molecule is CSc1ccc(NC(=O)C2CCN(C(=O)c3ccc(F)cc3F)CC2)cc1. The predicted molar refractivity (Wildman–Crippen MR) is 102 cm³/mol. The van der Waals surface area contributed by atoms with Crippen molar-refractivity contribution in [3.8, 4) is 0 Å². The Morgan fingerprint density at radius 2 is 1.74 bits per heavy atom. The van der Waals surface area contributed by atoms with Gasteiger partial charge in [-0.3, -0.25) is 9.59 Å². The third kappa shape index (κ3) is 4.66. The highest BCUT2D eigenvalue weighted by atomic mass is 32.2. The van der Waals surface area contributed by atoms with Crippen LogP contribution in [0, 0.1) is 17.6 Å². The number of rotatable bonds is 4. The fourth-order valence-electron chi connectivity index (χ4n) is 3.10. The van der Waals surface area contributed by atoms with E-state index >= 15 is 0 Å². The molecule has 2 aromatic rings. The molecule has 2 amide bonds. The first kappa shape index (κ1) is 19.4. The number of halogens is 2. The summed E-state index contributed by atoms with van der Waals surface area (Å²) in [6, 6.07) is 10.5. The van der Waals surface area contributed by atoms with Crippen molar-refractivity contribution in [2.24, 2.45) is 5.92 Å². The van der Waals surface area contributed by atoms with Crippen molar-refractivity contribution in [3.63, 3.8) is 0 Å². The van der Waals surface area contributed by atoms with Gasteiger partial charge in [0.15, 0.2) is 0 Å². The van der Waals surface area contributed by atoms with Gasteiger partial charge in [-0.2, -0.15) is 0 Å². The number of carbonyl (C=O) groups is 2. The molecule has 27 heavy (non-hydrogen) atoms. The maximum atomic E-state index is 13.8. The van der Waals surface area contributed by atoms with Gasteiger partial charge in [-0.1, -0.05) is 0 Å². The lowest BCUT2D eigenvalue weighted by molar-refractivity contribution is -0.121. The second kappa shape index (κ2) is 8.52. The van der Waals surface area contributed by atoms with Crippen molar-refractivity contribution in [2.45, 2.75) is 17.7 Å². The van der Waals surface area contributed by atoms with Crippen molar-refractivity contribution in [1.29, 1.82) is 0 Å². The molecule has 0 atom stereocenters. The molecule has 7 heteroatoms. The second-order valence-electron chi connectivity index (χ2n) is 6.41. The van der Waals surface area contributed by atoms with Crippen LogP contribution in [0.1, 0.15) is 23.2 Å². The maximum absolute atomic E-state index is 13.8. The monoisotopic (exact) mass is 390 g/mol. The number of likely N-dealkylation sites (tertiary alicyclic amines) is 1. The lowest BCUT2D eigenvalue weighted by Gasteiger charge is -2.31. The molecular formula is C20H20F2N2O2S. The number of hydrogen-bond acceptors (Lipinski definition) is 3. The normalized spacial score (nSPS) is 14.9. The molecule has 1 N–H and O–H groups in total. The van der Waals surface area contributed by atoms with E-state index in [1.165, 1.54) is 4.90 Å². The van der Waals surface area contributed by atoms with E-state index in [1.807, 2.05) is 30.5 Å². The van der Waals surface area contributed by atoms with E-state index in [2.05, 4.69) is 5.32 Å². The van der Waals surface area contributed by atoms with Gasteiger partial charge in [0.05, 0.1) is 5.56 Å². The zero-order chi connectivity index (χ0) is 19.4. The number of anilines is 1. The molecule has 142 valence electrons. The topological polar surface area (TPSA) is 49.4 Å². The number of carbonyl (C=O) groups excluding carboxylic acids is 2. The second-order valence-corrected chi connectivity index (χ2v) is 7.29. The molecule has 0 aliphatic carbocycles. The Labute approximate surface area is 160 Å². The van der Waals surface area contributed by atoms with Crippen LogP contribution in [0.15, 0.2) is 47.4 Å². The molecule has 1 heterocycles. The summed E-state index contributed by atoms with van der Waals surface area (Å²) in [7, 11) is 0. The Bertz CT molecular complexity index is 834. The number of hydrogen-bond donors (Lipinski definition) is 1. The average Bonchev–Trinajstić information content (AvgIpc) is 2.68. The quantitative estimate of drug-likeness (QED) is 0.797. The van der Waals surface area contributed by atoms with Gasteiger partial charge in [-0.25, -0.2) is 8.78 Å². The van der Waals surface area contributed by atoms with Crippen LogP contribution in [0.5, 0.6) is 0 Å². The molecule has 0 aromatic heterocycles. The highest BCUT2D eigenvalue weighted by molar-refractivity contribution is 7.98. The molecule has 1 aliphatic heterocycles. The van der Waals surface area contributed by atoms with Crippen LogP contribution in [0.25, 0.3) is 0 Å². The van der Waals surface area contributed by atoms with Gasteiger partial charge in [0.25, 0.3) is 5.91 Å². The molecule has 0 saturated carbocycles. The minimum absolute atomic E-state index is 0.0769. The summed E-state index contributed by atoms with van der Waals surface area (Å²) in [5, 5.41) is 2.90. The van der Waals surface area contributed by atoms with E-state index in [1.54, 1.807) is 11.8 Å². The lowest BCUT2D eigenvalue weighted by Crippen LogP contribution is -2.41. The van der Waals surface area contributed by atoms with Gasteiger partial charge in [-0.15, -0.1) is 11.8 Å². The largest absolute Gasteiger partial charge is 0.339 e. The maximum Gasteiger partial charge on any atom is 0.256 e. The highest BCUT2D eigenvalue weighted by Crippen LogP contribution is 2.23. The Hall–Kier alpha value is -2.41. The van der Waals surface area contributed by atoms with Crippen molar-refractivity contribution >= 4 is 29.3 Å². The minimum Gasteiger partial charge on any atom is -0.339 e. The Kier molecular flexibility index (Phi) is 6.11. The highest BCUT2D eigenvalue weighted by Gasteiger charge is 2.29. The molecule has 0 radical (unpaired) electrons. The smallest absolute Gasteiger partial charge is 0.256 e. The molecule has 0 unspecified atom stereocenters. The van der Waals surface area contributed by atoms with Crippen LogP contribution < -0.4 is 5.32 Å².